The van der Waals surface area contributed by atoms with E-state index in [1.54, 1.807) is 18.2 Å². The lowest BCUT2D eigenvalue weighted by Crippen LogP contribution is -1.84. The van der Waals surface area contributed by atoms with E-state index in [4.69, 9.17) is 10.4 Å². The van der Waals surface area contributed by atoms with E-state index in [1.165, 1.54) is 18.2 Å². The third-order valence-electron chi connectivity index (χ3n) is 1.53. The van der Waals surface area contributed by atoms with Gasteiger partial charge in [-0.05, 0) is 17.7 Å². The number of nitriles is 1. The van der Waals surface area contributed by atoms with E-state index in [9.17, 15) is 4.39 Å². The molecule has 1 rings (SSSR count). The van der Waals surface area contributed by atoms with Crippen molar-refractivity contribution < 1.29 is 9.50 Å². The van der Waals surface area contributed by atoms with Crippen LogP contribution in [0.2, 0.25) is 0 Å². The highest BCUT2D eigenvalue weighted by Gasteiger charge is 1.99. The highest BCUT2D eigenvalue weighted by Crippen LogP contribution is 2.10. The Labute approximate surface area is 75.6 Å². The third kappa shape index (κ3) is 2.39. The topological polar surface area (TPSA) is 44.0 Å². The Balaban J connectivity index is 3.01. The number of hydrogen-bond acceptors (Lipinski definition) is 2. The van der Waals surface area contributed by atoms with Crippen molar-refractivity contribution in [2.24, 2.45) is 0 Å². The van der Waals surface area contributed by atoms with Gasteiger partial charge in [-0.1, -0.05) is 18.2 Å². The van der Waals surface area contributed by atoms with Gasteiger partial charge in [0.05, 0.1) is 12.2 Å². The molecule has 0 saturated heterocycles. The van der Waals surface area contributed by atoms with Gasteiger partial charge in [0.2, 0.25) is 0 Å². The monoisotopic (exact) mass is 177 g/mol. The van der Waals surface area contributed by atoms with Crippen LogP contribution in [0.25, 0.3) is 6.08 Å². The van der Waals surface area contributed by atoms with Crippen molar-refractivity contribution in [2.75, 3.05) is 6.61 Å². The Morgan fingerprint density at radius 1 is 1.54 bits per heavy atom. The molecule has 13 heavy (non-hydrogen) atoms. The molecule has 0 saturated carbocycles. The average molecular weight is 177 g/mol. The van der Waals surface area contributed by atoms with Crippen molar-refractivity contribution in [3.63, 3.8) is 0 Å². The Hall–Kier alpha value is -1.66. The van der Waals surface area contributed by atoms with Gasteiger partial charge >= 0.3 is 0 Å². The molecule has 2 nitrogen and oxygen atoms in total. The molecule has 0 radical (unpaired) electrons. The van der Waals surface area contributed by atoms with E-state index in [2.05, 4.69) is 0 Å². The summed E-state index contributed by atoms with van der Waals surface area (Å²) in [5.74, 6) is -0.524. The molecule has 0 fully saturated rings. The first-order chi connectivity index (χ1) is 6.27. The van der Waals surface area contributed by atoms with Gasteiger partial charge < -0.3 is 5.11 Å². The van der Waals surface area contributed by atoms with E-state index < -0.39 is 5.82 Å². The zero-order chi connectivity index (χ0) is 9.68. The van der Waals surface area contributed by atoms with Gasteiger partial charge in [0.15, 0.2) is 0 Å². The van der Waals surface area contributed by atoms with Crippen LogP contribution < -0.4 is 0 Å². The van der Waals surface area contributed by atoms with Crippen LogP contribution in [0.15, 0.2) is 24.3 Å². The zero-order valence-electron chi connectivity index (χ0n) is 6.87. The molecule has 0 aliphatic carbocycles. The van der Waals surface area contributed by atoms with Crippen LogP contribution in [0.5, 0.6) is 0 Å². The van der Waals surface area contributed by atoms with E-state index in [1.807, 2.05) is 0 Å². The minimum atomic E-state index is -0.524. The molecule has 0 unspecified atom stereocenters. The number of hydrogen-bond donors (Lipinski definition) is 1. The van der Waals surface area contributed by atoms with Gasteiger partial charge in [-0.25, -0.2) is 4.39 Å². The van der Waals surface area contributed by atoms with Crippen molar-refractivity contribution >= 4 is 6.08 Å². The maximum atomic E-state index is 12.8. The van der Waals surface area contributed by atoms with E-state index >= 15 is 0 Å². The van der Waals surface area contributed by atoms with Crippen molar-refractivity contribution in [2.45, 2.75) is 0 Å². The van der Waals surface area contributed by atoms with Crippen LogP contribution in [0.3, 0.4) is 0 Å². The number of nitrogens with zero attached hydrogens (tertiary/aromatic N) is 1. The van der Waals surface area contributed by atoms with Gasteiger partial charge in [0, 0.05) is 0 Å². The van der Waals surface area contributed by atoms with Crippen molar-refractivity contribution in [3.05, 3.63) is 41.2 Å². The van der Waals surface area contributed by atoms with Gasteiger partial charge in [0.25, 0.3) is 0 Å². The Kier molecular flexibility index (Phi) is 3.18. The molecule has 1 aromatic rings. The molecule has 0 bridgehead atoms. The fourth-order valence-electron chi connectivity index (χ4n) is 0.921. The highest BCUT2D eigenvalue weighted by molar-refractivity contribution is 5.52. The van der Waals surface area contributed by atoms with Gasteiger partial charge in [0.1, 0.15) is 11.9 Å². The van der Waals surface area contributed by atoms with Crippen LogP contribution in [0.4, 0.5) is 4.39 Å². The minimum Gasteiger partial charge on any atom is -0.392 e. The highest BCUT2D eigenvalue weighted by atomic mass is 19.1. The van der Waals surface area contributed by atoms with Crippen LogP contribution in [-0.4, -0.2) is 11.7 Å². The number of halogens is 1. The number of rotatable bonds is 2. The number of aliphatic hydroxyl groups is 1. The first-order valence-corrected chi connectivity index (χ1v) is 3.75. The summed E-state index contributed by atoms with van der Waals surface area (Å²) >= 11 is 0. The molecule has 1 N–H and O–H groups in total. The molecule has 0 amide bonds. The molecule has 0 atom stereocenters. The second-order valence-corrected chi connectivity index (χ2v) is 2.44. The van der Waals surface area contributed by atoms with Crippen molar-refractivity contribution in [3.8, 4) is 6.07 Å². The Bertz CT molecular complexity index is 366. The predicted molar refractivity (Wildman–Crippen MR) is 47.2 cm³/mol. The van der Waals surface area contributed by atoms with E-state index in [0.717, 1.165) is 0 Å². The van der Waals surface area contributed by atoms with E-state index in [-0.39, 0.29) is 12.2 Å². The Morgan fingerprint density at radius 2 is 2.31 bits per heavy atom. The van der Waals surface area contributed by atoms with Gasteiger partial charge in [-0.3, -0.25) is 0 Å². The molecule has 0 spiro atoms. The molecule has 0 aromatic heterocycles. The molecule has 0 aliphatic rings. The zero-order valence-corrected chi connectivity index (χ0v) is 6.87. The normalized spacial score (nSPS) is 10.2. The second-order valence-electron chi connectivity index (χ2n) is 2.44. The molecular weight excluding hydrogens is 169 g/mol. The predicted octanol–water partition coefficient (Wildman–Crippen LogP) is 1.70. The molecule has 3 heteroatoms. The summed E-state index contributed by atoms with van der Waals surface area (Å²) in [5, 5.41) is 17.0. The summed E-state index contributed by atoms with van der Waals surface area (Å²) in [5.41, 5.74) is 0.715. The number of aliphatic hydroxyl groups excluding tert-OH is 1. The SMILES string of the molecule is N#Cc1cc(/C=C/CO)ccc1F. The summed E-state index contributed by atoms with van der Waals surface area (Å²) < 4.78 is 12.8. The molecule has 0 aliphatic heterocycles. The maximum absolute atomic E-state index is 12.8. The first-order valence-electron chi connectivity index (χ1n) is 3.75. The standard InChI is InChI=1S/C10H8FNO/c11-10-4-3-8(2-1-5-13)6-9(10)7-12/h1-4,6,13H,5H2/b2-1+. The fourth-order valence-corrected chi connectivity index (χ4v) is 0.921. The lowest BCUT2D eigenvalue weighted by molar-refractivity contribution is 0.343. The van der Waals surface area contributed by atoms with Gasteiger partial charge in [-0.15, -0.1) is 0 Å². The third-order valence-corrected chi connectivity index (χ3v) is 1.53. The number of benzene rings is 1. The van der Waals surface area contributed by atoms with Crippen molar-refractivity contribution in [1.82, 2.24) is 0 Å². The van der Waals surface area contributed by atoms with Crippen LogP contribution in [0, 0.1) is 17.1 Å². The smallest absolute Gasteiger partial charge is 0.140 e. The maximum Gasteiger partial charge on any atom is 0.140 e. The van der Waals surface area contributed by atoms with Crippen LogP contribution >= 0.6 is 0 Å². The van der Waals surface area contributed by atoms with Crippen LogP contribution in [-0.2, 0) is 0 Å². The second kappa shape index (κ2) is 4.39. The van der Waals surface area contributed by atoms with Gasteiger partial charge in [-0.2, -0.15) is 5.26 Å². The molecule has 1 aromatic carbocycles. The first kappa shape index (κ1) is 9.43. The summed E-state index contributed by atoms with van der Waals surface area (Å²) in [4.78, 5) is 0. The summed E-state index contributed by atoms with van der Waals surface area (Å²) in [6.07, 6.45) is 3.15. The summed E-state index contributed by atoms with van der Waals surface area (Å²) in [6.45, 7) is -0.0702. The van der Waals surface area contributed by atoms with Crippen LogP contribution in [0.1, 0.15) is 11.1 Å². The molecule has 66 valence electrons. The summed E-state index contributed by atoms with van der Waals surface area (Å²) in [6, 6.07) is 5.95. The summed E-state index contributed by atoms with van der Waals surface area (Å²) in [7, 11) is 0. The Morgan fingerprint density at radius 3 is 2.92 bits per heavy atom. The molecular formula is C10H8FNO. The largest absolute Gasteiger partial charge is 0.392 e. The molecule has 0 heterocycles. The average Bonchev–Trinajstić information content (AvgIpc) is 2.16. The van der Waals surface area contributed by atoms with Crippen molar-refractivity contribution in [1.29, 1.82) is 5.26 Å². The van der Waals surface area contributed by atoms with E-state index in [0.29, 0.717) is 5.56 Å². The minimum absolute atomic E-state index is 0.0140. The quantitative estimate of drug-likeness (QED) is 0.747. The lowest BCUT2D eigenvalue weighted by Gasteiger charge is -1.95. The fraction of sp³-hybridized carbons (Fsp3) is 0.100. The lowest BCUT2D eigenvalue weighted by atomic mass is 10.1.